The lowest BCUT2D eigenvalue weighted by Gasteiger charge is -2.30. The number of carbonyl (C=O) groups excluding carboxylic acids is 6. The molecule has 2 aliphatic carbocycles. The number of nitrogens with one attached hydrogen (secondary N) is 4. The zero-order valence-electron chi connectivity index (χ0n) is 31.9. The van der Waals surface area contributed by atoms with Gasteiger partial charge >= 0.3 is 12.2 Å². The van der Waals surface area contributed by atoms with Crippen LogP contribution in [0.3, 0.4) is 0 Å². The zero-order valence-corrected chi connectivity index (χ0v) is 32.7. The first-order valence-corrected chi connectivity index (χ1v) is 20.7. The minimum Gasteiger partial charge on any atom is -0.444 e. The summed E-state index contributed by atoms with van der Waals surface area (Å²) in [6.07, 6.45) is 5.28. The predicted octanol–water partition coefficient (Wildman–Crippen LogP) is 2.75. The molecular weight excluding hydrogens is 733 g/mol. The largest absolute Gasteiger partial charge is 0.444 e. The Kier molecular flexibility index (Phi) is 11.5. The third kappa shape index (κ3) is 9.42. The van der Waals surface area contributed by atoms with E-state index in [4.69, 9.17) is 9.47 Å². The highest BCUT2D eigenvalue weighted by molar-refractivity contribution is 7.91. The summed E-state index contributed by atoms with van der Waals surface area (Å²) in [5, 5.41) is 7.60. The van der Waals surface area contributed by atoms with Gasteiger partial charge in [-0.1, -0.05) is 31.1 Å². The number of alkyl carbamates (subject to hydrolysis) is 1. The fourth-order valence-electron chi connectivity index (χ4n) is 7.44. The first kappa shape index (κ1) is 40.0. The van der Waals surface area contributed by atoms with Crippen LogP contribution in [0, 0.1) is 5.92 Å². The highest BCUT2D eigenvalue weighted by atomic mass is 32.2. The maximum absolute atomic E-state index is 14.4. The fraction of sp³-hybridized carbons (Fsp3) is 0.632. The van der Waals surface area contributed by atoms with Crippen LogP contribution >= 0.6 is 0 Å². The molecule has 3 heterocycles. The summed E-state index contributed by atoms with van der Waals surface area (Å²) in [4.78, 5) is 83.9. The van der Waals surface area contributed by atoms with Gasteiger partial charge < -0.3 is 30.3 Å². The number of rotatable bonds is 7. The minimum absolute atomic E-state index is 0.108. The van der Waals surface area contributed by atoms with Gasteiger partial charge in [0, 0.05) is 37.5 Å². The molecule has 5 aliphatic rings. The van der Waals surface area contributed by atoms with Crippen LogP contribution in [-0.4, -0.2) is 102 Å². The predicted molar refractivity (Wildman–Crippen MR) is 199 cm³/mol. The number of benzene rings is 1. The Morgan fingerprint density at radius 3 is 2.47 bits per heavy atom. The lowest BCUT2D eigenvalue weighted by Crippen LogP contribution is -2.58. The molecule has 3 aliphatic heterocycles. The second kappa shape index (κ2) is 15.8. The maximum Gasteiger partial charge on any atom is 0.410 e. The van der Waals surface area contributed by atoms with Crippen LogP contribution < -0.4 is 20.7 Å². The Bertz CT molecular complexity index is 1860. The first-order chi connectivity index (χ1) is 26.0. The first-order valence-electron chi connectivity index (χ1n) is 19.2. The summed E-state index contributed by atoms with van der Waals surface area (Å²) in [5.41, 5.74) is -0.265. The Labute approximate surface area is 321 Å². The quantitative estimate of drug-likeness (QED) is 0.297. The molecule has 2 saturated carbocycles. The molecule has 6 rings (SSSR count). The number of ether oxygens (including phenoxy) is 2. The van der Waals surface area contributed by atoms with Gasteiger partial charge in [-0.25, -0.2) is 18.0 Å². The van der Waals surface area contributed by atoms with Gasteiger partial charge in [-0.05, 0) is 89.5 Å². The lowest BCUT2D eigenvalue weighted by molar-refractivity contribution is -0.141. The summed E-state index contributed by atoms with van der Waals surface area (Å²) in [5.74, 6) is -2.81. The van der Waals surface area contributed by atoms with E-state index in [-0.39, 0.29) is 44.8 Å². The van der Waals surface area contributed by atoms with E-state index in [2.05, 4.69) is 20.7 Å². The molecule has 0 bridgehead atoms. The molecule has 16 nitrogen and oxygen atoms in total. The van der Waals surface area contributed by atoms with E-state index in [9.17, 15) is 37.2 Å². The van der Waals surface area contributed by atoms with E-state index in [1.54, 1.807) is 39.0 Å². The van der Waals surface area contributed by atoms with Crippen molar-refractivity contribution in [1.29, 1.82) is 0 Å². The molecule has 17 heteroatoms. The lowest BCUT2D eigenvalue weighted by atomic mass is 10.0. The van der Waals surface area contributed by atoms with Gasteiger partial charge in [0.2, 0.25) is 21.8 Å². The van der Waals surface area contributed by atoms with Gasteiger partial charge in [0.25, 0.3) is 11.8 Å². The highest BCUT2D eigenvalue weighted by Crippen LogP contribution is 2.46. The molecule has 300 valence electrons. The molecule has 6 amide bonds. The molecule has 1 aromatic rings. The molecule has 0 radical (unpaired) electrons. The van der Waals surface area contributed by atoms with Crippen LogP contribution in [0.2, 0.25) is 0 Å². The molecule has 0 spiro atoms. The second-order valence-corrected chi connectivity index (χ2v) is 18.1. The monoisotopic (exact) mass is 784 g/mol. The smallest absolute Gasteiger partial charge is 0.410 e. The molecule has 3 fully saturated rings. The molecule has 5 atom stereocenters. The van der Waals surface area contributed by atoms with Crippen LogP contribution in [0.4, 0.5) is 9.59 Å². The van der Waals surface area contributed by atoms with E-state index in [0.29, 0.717) is 37.8 Å². The number of nitrogens with zero attached hydrogens (tertiary/aromatic N) is 2. The summed E-state index contributed by atoms with van der Waals surface area (Å²) < 4.78 is 39.2. The van der Waals surface area contributed by atoms with E-state index >= 15 is 0 Å². The van der Waals surface area contributed by atoms with Gasteiger partial charge in [0.05, 0.1) is 11.8 Å². The van der Waals surface area contributed by atoms with Crippen LogP contribution in [0.15, 0.2) is 30.4 Å². The van der Waals surface area contributed by atoms with Crippen molar-refractivity contribution >= 4 is 45.8 Å². The topological polar surface area (TPSA) is 210 Å². The molecule has 55 heavy (non-hydrogen) atoms. The number of carbonyl (C=O) groups is 6. The number of allylic oxidation sites excluding steroid dienone is 1. The zero-order chi connectivity index (χ0) is 39.7. The number of hydrogen-bond acceptors (Lipinski definition) is 10. The molecular formula is C38H52N6O10S. The van der Waals surface area contributed by atoms with Crippen molar-refractivity contribution in [2.24, 2.45) is 5.92 Å². The normalized spacial score (nSPS) is 27.6. The van der Waals surface area contributed by atoms with Crippen LogP contribution in [0.25, 0.3) is 0 Å². The Hall–Kier alpha value is -4.67. The van der Waals surface area contributed by atoms with Crippen molar-refractivity contribution in [2.75, 3.05) is 13.1 Å². The molecule has 1 aromatic carbocycles. The fourth-order valence-corrected chi connectivity index (χ4v) is 8.81. The highest BCUT2D eigenvalue weighted by Gasteiger charge is 2.62. The van der Waals surface area contributed by atoms with Crippen molar-refractivity contribution < 1.29 is 46.7 Å². The van der Waals surface area contributed by atoms with Gasteiger partial charge in [0.1, 0.15) is 29.3 Å². The van der Waals surface area contributed by atoms with Gasteiger partial charge in [-0.3, -0.25) is 28.8 Å². The van der Waals surface area contributed by atoms with Crippen LogP contribution in [0.1, 0.15) is 107 Å². The average Bonchev–Trinajstić information content (AvgIpc) is 3.99. The summed E-state index contributed by atoms with van der Waals surface area (Å²) in [6.45, 7) is 7.66. The summed E-state index contributed by atoms with van der Waals surface area (Å²) in [7, 11) is -3.92. The van der Waals surface area contributed by atoms with Crippen LogP contribution in [0.5, 0.6) is 0 Å². The molecule has 0 aromatic heterocycles. The third-order valence-electron chi connectivity index (χ3n) is 10.6. The van der Waals surface area contributed by atoms with Gasteiger partial charge in [-0.15, -0.1) is 0 Å². The van der Waals surface area contributed by atoms with Gasteiger partial charge in [-0.2, -0.15) is 0 Å². The van der Waals surface area contributed by atoms with Crippen molar-refractivity contribution in [1.82, 2.24) is 30.5 Å². The van der Waals surface area contributed by atoms with Gasteiger partial charge in [0.15, 0.2) is 0 Å². The molecule has 1 saturated heterocycles. The summed E-state index contributed by atoms with van der Waals surface area (Å²) >= 11 is 0. The average molecular weight is 785 g/mol. The molecule has 4 N–H and O–H groups in total. The minimum atomic E-state index is -3.92. The number of amides is 6. The third-order valence-corrected chi connectivity index (χ3v) is 12.4. The molecule has 0 unspecified atom stereocenters. The number of sulfonamides is 1. The Morgan fingerprint density at radius 2 is 1.76 bits per heavy atom. The standard InChI is InChI=1S/C38H52N6O10S/c1-5-39-31(45)23-13-14-24-20-43(21-25(24)17-23)36(50)53-27-18-30-32(46)41-38(34(48)42-55(51,52)28-15-16-28)19-26(38)11-9-7-6-8-10-12-29(33(47)44(30)22-27)40-35(49)54-37(2,3)4/h9,11,13-14,17,26-30H,5-8,10,12,15-16,18-22H2,1-4H3,(H,39,45)(H,40,49)(H,41,46)(H,42,48)/b11-9-/t26-,27-,29+,30+,38-/m1/s1. The van der Waals surface area contributed by atoms with Crippen molar-refractivity contribution in [2.45, 2.75) is 133 Å². The van der Waals surface area contributed by atoms with E-state index in [0.717, 1.165) is 24.0 Å². The number of fused-ring (bicyclic) bond motifs is 3. The van der Waals surface area contributed by atoms with E-state index in [1.165, 1.54) is 9.80 Å². The Morgan fingerprint density at radius 1 is 1.02 bits per heavy atom. The SMILES string of the molecule is CCNC(=O)c1ccc2c(c1)CN(C(=O)O[C@@H]1C[C@H]3C(=O)N[C@]4(C(=O)NS(=O)(=O)C5CC5)C[C@H]4/C=C\CCCCC[C@H](NC(=O)OC(C)(C)C)C(=O)N3C1)C2. The maximum atomic E-state index is 14.4. The number of hydrogen-bond donors (Lipinski definition) is 4. The van der Waals surface area contributed by atoms with Crippen molar-refractivity contribution in [3.05, 3.63) is 47.0 Å². The Balaban J connectivity index is 1.23. The van der Waals surface area contributed by atoms with Crippen molar-refractivity contribution in [3.8, 4) is 0 Å². The second-order valence-electron chi connectivity index (χ2n) is 16.2. The van der Waals surface area contributed by atoms with E-state index < -0.39 is 80.4 Å². The van der Waals surface area contributed by atoms with E-state index in [1.807, 2.05) is 19.1 Å². The van der Waals surface area contributed by atoms with Crippen molar-refractivity contribution in [3.63, 3.8) is 0 Å². The van der Waals surface area contributed by atoms with Crippen LogP contribution in [-0.2, 0) is 47.0 Å². The summed E-state index contributed by atoms with van der Waals surface area (Å²) in [6, 6.07) is 2.94.